The van der Waals surface area contributed by atoms with Gasteiger partial charge in [-0.15, -0.1) is 0 Å². The Bertz CT molecular complexity index is 1280. The standard InChI is InChI=1S/C27H24BrFN2O3/c1-4-33-25-13-20(23(28)14-26(25)34-16-19-6-5-7-22(29)11-19)12-21(15-30)27(32)31-24-9-8-17(2)10-18(24)3/h5-14H,4,16H2,1-3H3,(H,31,32)/b21-12+. The zero-order chi connectivity index (χ0) is 24.7. The third-order valence-corrected chi connectivity index (χ3v) is 5.63. The van der Waals surface area contributed by atoms with Crippen LogP contribution in [0.15, 0.2) is 64.6 Å². The summed E-state index contributed by atoms with van der Waals surface area (Å²) in [6, 6.07) is 17.2. The van der Waals surface area contributed by atoms with Gasteiger partial charge in [0.25, 0.3) is 5.91 Å². The van der Waals surface area contributed by atoms with Crippen molar-refractivity contribution in [3.8, 4) is 17.6 Å². The van der Waals surface area contributed by atoms with Gasteiger partial charge < -0.3 is 14.8 Å². The van der Waals surface area contributed by atoms with Crippen LogP contribution in [0, 0.1) is 31.0 Å². The number of halogens is 2. The Balaban J connectivity index is 1.86. The number of nitriles is 1. The average molecular weight is 523 g/mol. The minimum absolute atomic E-state index is 0.0587. The molecule has 3 aromatic carbocycles. The van der Waals surface area contributed by atoms with Gasteiger partial charge in [-0.3, -0.25) is 4.79 Å². The molecule has 5 nitrogen and oxygen atoms in total. The van der Waals surface area contributed by atoms with Gasteiger partial charge in [0.15, 0.2) is 11.5 Å². The molecule has 0 atom stereocenters. The predicted molar refractivity (Wildman–Crippen MR) is 134 cm³/mol. The van der Waals surface area contributed by atoms with Crippen LogP contribution in [0.1, 0.15) is 29.2 Å². The van der Waals surface area contributed by atoms with E-state index in [0.29, 0.717) is 39.4 Å². The largest absolute Gasteiger partial charge is 0.490 e. The number of aryl methyl sites for hydroxylation is 2. The quantitative estimate of drug-likeness (QED) is 0.263. The second-order valence-electron chi connectivity index (χ2n) is 7.61. The van der Waals surface area contributed by atoms with E-state index in [9.17, 15) is 14.4 Å². The first kappa shape index (κ1) is 25.0. The minimum atomic E-state index is -0.509. The highest BCUT2D eigenvalue weighted by Gasteiger charge is 2.15. The van der Waals surface area contributed by atoms with Crippen molar-refractivity contribution < 1.29 is 18.7 Å². The number of anilines is 1. The molecule has 3 aromatic rings. The summed E-state index contributed by atoms with van der Waals surface area (Å²) in [6.07, 6.45) is 1.49. The first-order chi connectivity index (χ1) is 16.3. The van der Waals surface area contributed by atoms with Crippen molar-refractivity contribution in [2.24, 2.45) is 0 Å². The van der Waals surface area contributed by atoms with Crippen molar-refractivity contribution in [2.75, 3.05) is 11.9 Å². The van der Waals surface area contributed by atoms with E-state index in [2.05, 4.69) is 21.2 Å². The molecule has 174 valence electrons. The van der Waals surface area contributed by atoms with E-state index in [1.165, 1.54) is 18.2 Å². The summed E-state index contributed by atoms with van der Waals surface area (Å²) in [5.41, 5.74) is 3.83. The van der Waals surface area contributed by atoms with E-state index in [4.69, 9.17) is 9.47 Å². The summed E-state index contributed by atoms with van der Waals surface area (Å²) in [7, 11) is 0. The van der Waals surface area contributed by atoms with Crippen molar-refractivity contribution in [2.45, 2.75) is 27.4 Å². The summed E-state index contributed by atoms with van der Waals surface area (Å²) in [5.74, 6) is 0.0514. The lowest BCUT2D eigenvalue weighted by Crippen LogP contribution is -2.14. The number of hydrogen-bond donors (Lipinski definition) is 1. The molecule has 0 saturated carbocycles. The molecule has 0 unspecified atom stereocenters. The average Bonchev–Trinajstić information content (AvgIpc) is 2.80. The van der Waals surface area contributed by atoms with Crippen LogP contribution in [0.25, 0.3) is 6.08 Å². The van der Waals surface area contributed by atoms with Crippen LogP contribution in [0.2, 0.25) is 0 Å². The first-order valence-electron chi connectivity index (χ1n) is 10.6. The van der Waals surface area contributed by atoms with Gasteiger partial charge in [0.1, 0.15) is 24.1 Å². The number of carbonyl (C=O) groups is 1. The highest BCUT2D eigenvalue weighted by molar-refractivity contribution is 9.10. The summed E-state index contributed by atoms with van der Waals surface area (Å²) < 4.78 is 25.6. The first-order valence-corrected chi connectivity index (χ1v) is 11.4. The van der Waals surface area contributed by atoms with Crippen molar-refractivity contribution in [1.82, 2.24) is 0 Å². The van der Waals surface area contributed by atoms with Gasteiger partial charge in [-0.1, -0.05) is 45.8 Å². The zero-order valence-corrected chi connectivity index (χ0v) is 20.7. The number of amides is 1. The number of rotatable bonds is 8. The molecule has 7 heteroatoms. The van der Waals surface area contributed by atoms with Gasteiger partial charge in [-0.2, -0.15) is 5.26 Å². The SMILES string of the molecule is CCOc1cc(/C=C(\C#N)C(=O)Nc2ccc(C)cc2C)c(Br)cc1OCc1cccc(F)c1. The van der Waals surface area contributed by atoms with Crippen LogP contribution in [-0.4, -0.2) is 12.5 Å². The maximum absolute atomic E-state index is 13.5. The predicted octanol–water partition coefficient (Wildman–Crippen LogP) is 6.73. The minimum Gasteiger partial charge on any atom is -0.490 e. The van der Waals surface area contributed by atoms with Gasteiger partial charge in [-0.25, -0.2) is 4.39 Å². The van der Waals surface area contributed by atoms with Crippen molar-refractivity contribution >= 4 is 33.6 Å². The molecule has 0 heterocycles. The smallest absolute Gasteiger partial charge is 0.266 e. The Kier molecular flexibility index (Phi) is 8.44. The fraction of sp³-hybridized carbons (Fsp3) is 0.185. The van der Waals surface area contributed by atoms with Crippen molar-refractivity contribution in [3.63, 3.8) is 0 Å². The van der Waals surface area contributed by atoms with E-state index < -0.39 is 5.91 Å². The van der Waals surface area contributed by atoms with E-state index in [0.717, 1.165) is 11.1 Å². The second-order valence-corrected chi connectivity index (χ2v) is 8.47. The lowest BCUT2D eigenvalue weighted by Gasteiger charge is -2.14. The Labute approximate surface area is 207 Å². The highest BCUT2D eigenvalue weighted by atomic mass is 79.9. The van der Waals surface area contributed by atoms with E-state index in [1.54, 1.807) is 24.3 Å². The molecule has 0 spiro atoms. The zero-order valence-electron chi connectivity index (χ0n) is 19.1. The number of nitrogens with zero attached hydrogens (tertiary/aromatic N) is 1. The molecule has 0 radical (unpaired) electrons. The molecule has 3 rings (SSSR count). The number of hydrogen-bond acceptors (Lipinski definition) is 4. The Morgan fingerprint density at radius 1 is 1.12 bits per heavy atom. The molecule has 0 saturated heterocycles. The van der Waals surface area contributed by atoms with Gasteiger partial charge in [-0.05, 0) is 73.9 Å². The summed E-state index contributed by atoms with van der Waals surface area (Å²) >= 11 is 3.48. The lowest BCUT2D eigenvalue weighted by molar-refractivity contribution is -0.112. The maximum Gasteiger partial charge on any atom is 0.266 e. The number of ether oxygens (including phenoxy) is 2. The molecule has 1 N–H and O–H groups in total. The van der Waals surface area contributed by atoms with Crippen molar-refractivity contribution in [1.29, 1.82) is 5.26 Å². The summed E-state index contributed by atoms with van der Waals surface area (Å²) in [5, 5.41) is 12.4. The Morgan fingerprint density at radius 3 is 2.56 bits per heavy atom. The Morgan fingerprint density at radius 2 is 1.88 bits per heavy atom. The monoisotopic (exact) mass is 522 g/mol. The second kappa shape index (κ2) is 11.5. The van der Waals surface area contributed by atoms with Crippen LogP contribution in [-0.2, 0) is 11.4 Å². The third-order valence-electron chi connectivity index (χ3n) is 4.94. The van der Waals surface area contributed by atoms with Crippen LogP contribution in [0.4, 0.5) is 10.1 Å². The molecular weight excluding hydrogens is 499 g/mol. The fourth-order valence-electron chi connectivity index (χ4n) is 3.28. The third kappa shape index (κ3) is 6.46. The molecule has 0 aromatic heterocycles. The molecular formula is C27H24BrFN2O3. The normalized spacial score (nSPS) is 11.0. The number of nitrogens with one attached hydrogen (secondary N) is 1. The van der Waals surface area contributed by atoms with Gasteiger partial charge in [0.2, 0.25) is 0 Å². The van der Waals surface area contributed by atoms with Crippen molar-refractivity contribution in [3.05, 3.63) is 92.7 Å². The van der Waals surface area contributed by atoms with Gasteiger partial charge in [0.05, 0.1) is 6.61 Å². The fourth-order valence-corrected chi connectivity index (χ4v) is 3.71. The van der Waals surface area contributed by atoms with Crippen LogP contribution < -0.4 is 14.8 Å². The Hall–Kier alpha value is -3.63. The topological polar surface area (TPSA) is 71.3 Å². The van der Waals surface area contributed by atoms with Crippen LogP contribution in [0.5, 0.6) is 11.5 Å². The molecule has 0 bridgehead atoms. The van der Waals surface area contributed by atoms with E-state index >= 15 is 0 Å². The molecule has 0 aliphatic carbocycles. The molecule has 0 aliphatic heterocycles. The molecule has 0 aliphatic rings. The van der Waals surface area contributed by atoms with Gasteiger partial charge in [0, 0.05) is 10.2 Å². The molecule has 0 fully saturated rings. The number of benzene rings is 3. The lowest BCUT2D eigenvalue weighted by atomic mass is 10.1. The van der Waals surface area contributed by atoms with Gasteiger partial charge >= 0.3 is 0 Å². The van der Waals surface area contributed by atoms with E-state index in [1.807, 2.05) is 45.0 Å². The molecule has 1 amide bonds. The number of carbonyl (C=O) groups excluding carboxylic acids is 1. The van der Waals surface area contributed by atoms with Crippen LogP contribution in [0.3, 0.4) is 0 Å². The summed E-state index contributed by atoms with van der Waals surface area (Å²) in [6.45, 7) is 6.25. The maximum atomic E-state index is 13.5. The van der Waals surface area contributed by atoms with E-state index in [-0.39, 0.29) is 18.0 Å². The molecule has 34 heavy (non-hydrogen) atoms. The summed E-state index contributed by atoms with van der Waals surface area (Å²) in [4.78, 5) is 12.8. The van der Waals surface area contributed by atoms with Crippen LogP contribution >= 0.6 is 15.9 Å². The highest BCUT2D eigenvalue weighted by Crippen LogP contribution is 2.35.